The maximum Gasteiger partial charge on any atom is 0.316 e. The highest BCUT2D eigenvalue weighted by Gasteiger charge is 2.11. The van der Waals surface area contributed by atoms with Crippen LogP contribution in [0.1, 0.15) is 5.56 Å². The molecule has 1 aromatic carbocycles. The van der Waals surface area contributed by atoms with E-state index in [4.69, 9.17) is 16.3 Å². The number of carbonyl (C=O) groups is 2. The molecule has 0 radical (unpaired) electrons. The molecule has 6 nitrogen and oxygen atoms in total. The number of pyridine rings is 2. The molecule has 0 fully saturated rings. The van der Waals surface area contributed by atoms with Crippen LogP contribution in [0.5, 0.6) is 0 Å². The lowest BCUT2D eigenvalue weighted by molar-refractivity contribution is -0.144. The van der Waals surface area contributed by atoms with Gasteiger partial charge in [0.25, 0.3) is 5.91 Å². The second-order valence-electron chi connectivity index (χ2n) is 5.63. The third-order valence-electron chi connectivity index (χ3n) is 3.63. The van der Waals surface area contributed by atoms with E-state index in [1.54, 1.807) is 12.1 Å². The van der Waals surface area contributed by atoms with Gasteiger partial charge >= 0.3 is 5.97 Å². The van der Waals surface area contributed by atoms with Gasteiger partial charge in [-0.2, -0.15) is 0 Å². The summed E-state index contributed by atoms with van der Waals surface area (Å²) in [5, 5.41) is 4.52. The highest BCUT2D eigenvalue weighted by molar-refractivity contribution is 7.99. The number of thioether (sulfide) groups is 1. The zero-order valence-corrected chi connectivity index (χ0v) is 16.0. The van der Waals surface area contributed by atoms with Crippen molar-refractivity contribution in [1.82, 2.24) is 9.97 Å². The van der Waals surface area contributed by atoms with Crippen LogP contribution in [-0.4, -0.2) is 34.2 Å². The van der Waals surface area contributed by atoms with Gasteiger partial charge in [0.2, 0.25) is 0 Å². The first-order valence-corrected chi connectivity index (χ1v) is 9.44. The highest BCUT2D eigenvalue weighted by atomic mass is 35.5. The number of ether oxygens (including phenoxy) is 1. The Kier molecular flexibility index (Phi) is 6.26. The smallest absolute Gasteiger partial charge is 0.316 e. The van der Waals surface area contributed by atoms with Crippen molar-refractivity contribution in [3.05, 3.63) is 59.4 Å². The van der Waals surface area contributed by atoms with Crippen molar-refractivity contribution in [3.63, 3.8) is 0 Å². The van der Waals surface area contributed by atoms with Crippen molar-refractivity contribution in [2.45, 2.75) is 11.9 Å². The van der Waals surface area contributed by atoms with Crippen LogP contribution in [0, 0.1) is 6.92 Å². The summed E-state index contributed by atoms with van der Waals surface area (Å²) < 4.78 is 4.99. The number of anilines is 1. The zero-order valence-electron chi connectivity index (χ0n) is 14.4. The number of amides is 1. The number of aromatic nitrogens is 2. The fourth-order valence-corrected chi connectivity index (χ4v) is 3.32. The number of benzene rings is 1. The molecule has 0 bridgehead atoms. The van der Waals surface area contributed by atoms with E-state index in [2.05, 4.69) is 15.3 Å². The van der Waals surface area contributed by atoms with Gasteiger partial charge in [-0.25, -0.2) is 9.97 Å². The molecule has 2 aromatic heterocycles. The van der Waals surface area contributed by atoms with Crippen molar-refractivity contribution in [2.75, 3.05) is 17.7 Å². The van der Waals surface area contributed by atoms with Crippen molar-refractivity contribution >= 4 is 51.8 Å². The summed E-state index contributed by atoms with van der Waals surface area (Å²) in [4.78, 5) is 32.1. The lowest BCUT2D eigenvalue weighted by Gasteiger charge is -2.08. The molecule has 27 heavy (non-hydrogen) atoms. The zero-order chi connectivity index (χ0) is 19.2. The quantitative estimate of drug-likeness (QED) is 0.383. The molecular weight excluding hydrogens is 386 g/mol. The molecule has 0 aliphatic carbocycles. The Hall–Kier alpha value is -2.64. The summed E-state index contributed by atoms with van der Waals surface area (Å²) in [6.07, 6.45) is 1.51. The Bertz CT molecular complexity index is 997. The molecular formula is C19H16ClN3O3S. The molecule has 0 saturated carbocycles. The van der Waals surface area contributed by atoms with E-state index in [-0.39, 0.29) is 10.9 Å². The van der Waals surface area contributed by atoms with E-state index in [0.717, 1.165) is 21.5 Å². The Morgan fingerprint density at radius 1 is 1.22 bits per heavy atom. The van der Waals surface area contributed by atoms with Crippen LogP contribution in [0.25, 0.3) is 10.9 Å². The first-order chi connectivity index (χ1) is 13.0. The lowest BCUT2D eigenvalue weighted by atomic mass is 10.1. The van der Waals surface area contributed by atoms with Gasteiger partial charge in [0, 0.05) is 11.6 Å². The predicted molar refractivity (Wildman–Crippen MR) is 106 cm³/mol. The van der Waals surface area contributed by atoms with Crippen molar-refractivity contribution < 1.29 is 14.3 Å². The number of nitrogens with zero attached hydrogens (tertiary/aromatic N) is 2. The van der Waals surface area contributed by atoms with E-state index in [9.17, 15) is 9.59 Å². The molecule has 0 atom stereocenters. The number of carbonyl (C=O) groups excluding carboxylic acids is 2. The first-order valence-electron chi connectivity index (χ1n) is 8.08. The Morgan fingerprint density at radius 2 is 2.04 bits per heavy atom. The molecule has 138 valence electrons. The van der Waals surface area contributed by atoms with E-state index < -0.39 is 18.5 Å². The number of hydrogen-bond acceptors (Lipinski definition) is 6. The highest BCUT2D eigenvalue weighted by Crippen LogP contribution is 2.23. The minimum atomic E-state index is -0.500. The van der Waals surface area contributed by atoms with E-state index in [1.165, 1.54) is 18.0 Å². The molecule has 1 N–H and O–H groups in total. The van der Waals surface area contributed by atoms with Crippen molar-refractivity contribution in [2.24, 2.45) is 0 Å². The fourth-order valence-electron chi connectivity index (χ4n) is 2.38. The molecule has 0 saturated heterocycles. The molecule has 1 amide bonds. The summed E-state index contributed by atoms with van der Waals surface area (Å²) in [5.41, 5.74) is 2.33. The molecule has 3 rings (SSSR count). The monoisotopic (exact) mass is 401 g/mol. The number of hydrogen-bond donors (Lipinski definition) is 1. The number of nitrogens with one attached hydrogen (secondary N) is 1. The summed E-state index contributed by atoms with van der Waals surface area (Å²) in [6.45, 7) is 1.61. The Balaban J connectivity index is 1.50. The topological polar surface area (TPSA) is 81.2 Å². The third kappa shape index (κ3) is 5.18. The summed E-state index contributed by atoms with van der Waals surface area (Å²) in [6, 6.07) is 13.0. The average Bonchev–Trinajstić information content (AvgIpc) is 2.66. The molecule has 0 aliphatic rings. The van der Waals surface area contributed by atoms with E-state index >= 15 is 0 Å². The van der Waals surface area contributed by atoms with Gasteiger partial charge in [-0.3, -0.25) is 9.59 Å². The van der Waals surface area contributed by atoms with Crippen LogP contribution in [0.2, 0.25) is 5.15 Å². The number of esters is 1. The van der Waals surface area contributed by atoms with Gasteiger partial charge in [0.05, 0.1) is 22.0 Å². The summed E-state index contributed by atoms with van der Waals surface area (Å²) >= 11 is 7.13. The number of para-hydroxylation sites is 1. The van der Waals surface area contributed by atoms with Crippen LogP contribution in [-0.2, 0) is 14.3 Å². The van der Waals surface area contributed by atoms with Gasteiger partial charge in [0.15, 0.2) is 11.8 Å². The second-order valence-corrected chi connectivity index (χ2v) is 6.99. The predicted octanol–water partition coefficient (Wildman–Crippen LogP) is 3.87. The number of fused-ring (bicyclic) bond motifs is 1. The largest absolute Gasteiger partial charge is 0.455 e. The normalized spacial score (nSPS) is 10.6. The third-order valence-corrected chi connectivity index (χ3v) is 4.82. The molecule has 8 heteroatoms. The van der Waals surface area contributed by atoms with E-state index in [1.807, 2.05) is 37.3 Å². The standard InChI is InChI=1S/C19H16ClN3O3S/c1-12-9-17(23-14-6-3-2-5-13(12)14)27-11-18(25)26-10-16(24)22-15-7-4-8-21-19(15)20/h2-9H,10-11H2,1H3,(H,22,24). The van der Waals surface area contributed by atoms with Crippen molar-refractivity contribution in [1.29, 1.82) is 0 Å². The Labute approximate surface area is 165 Å². The van der Waals surface area contributed by atoms with Crippen molar-refractivity contribution in [3.8, 4) is 0 Å². The average molecular weight is 402 g/mol. The van der Waals surface area contributed by atoms with Crippen LogP contribution in [0.3, 0.4) is 0 Å². The van der Waals surface area contributed by atoms with Crippen LogP contribution >= 0.6 is 23.4 Å². The molecule has 2 heterocycles. The molecule has 0 spiro atoms. The fraction of sp³-hybridized carbons (Fsp3) is 0.158. The van der Waals surface area contributed by atoms with Gasteiger partial charge < -0.3 is 10.1 Å². The van der Waals surface area contributed by atoms with Gasteiger partial charge in [0.1, 0.15) is 0 Å². The van der Waals surface area contributed by atoms with Crippen LogP contribution < -0.4 is 5.32 Å². The van der Waals surface area contributed by atoms with Crippen LogP contribution in [0.15, 0.2) is 53.7 Å². The molecule has 0 unspecified atom stereocenters. The maximum absolute atomic E-state index is 11.9. The van der Waals surface area contributed by atoms with Gasteiger partial charge in [-0.15, -0.1) is 0 Å². The number of aryl methyl sites for hydroxylation is 1. The van der Waals surface area contributed by atoms with Crippen LogP contribution in [0.4, 0.5) is 5.69 Å². The lowest BCUT2D eigenvalue weighted by Crippen LogP contribution is -2.21. The first kappa shape index (κ1) is 19.1. The molecule has 3 aromatic rings. The summed E-state index contributed by atoms with van der Waals surface area (Å²) in [5.74, 6) is -0.922. The van der Waals surface area contributed by atoms with Gasteiger partial charge in [-0.1, -0.05) is 41.6 Å². The SMILES string of the molecule is Cc1cc(SCC(=O)OCC(=O)Nc2cccnc2Cl)nc2ccccc12. The second kappa shape index (κ2) is 8.83. The van der Waals surface area contributed by atoms with E-state index in [0.29, 0.717) is 5.69 Å². The number of rotatable bonds is 6. The van der Waals surface area contributed by atoms with Gasteiger partial charge in [-0.05, 0) is 36.8 Å². The maximum atomic E-state index is 11.9. The minimum Gasteiger partial charge on any atom is -0.455 e. The Morgan fingerprint density at radius 3 is 2.85 bits per heavy atom. The number of halogens is 1. The minimum absolute atomic E-state index is 0.0612. The molecule has 0 aliphatic heterocycles. The summed E-state index contributed by atoms with van der Waals surface area (Å²) in [7, 11) is 0.